The van der Waals surface area contributed by atoms with Gasteiger partial charge in [0.25, 0.3) is 5.91 Å². The summed E-state index contributed by atoms with van der Waals surface area (Å²) in [4.78, 5) is 28.5. The van der Waals surface area contributed by atoms with E-state index in [1.165, 1.54) is 32.1 Å². The molecule has 0 radical (unpaired) electrons. The zero-order valence-corrected chi connectivity index (χ0v) is 16.2. The van der Waals surface area contributed by atoms with Crippen LogP contribution in [0, 0.1) is 5.92 Å². The van der Waals surface area contributed by atoms with Crippen LogP contribution in [0.1, 0.15) is 55.8 Å². The third kappa shape index (κ3) is 5.55. The molecule has 1 aromatic heterocycles. The van der Waals surface area contributed by atoms with E-state index in [-0.39, 0.29) is 11.8 Å². The number of hydrogen-bond acceptors (Lipinski definition) is 4. The second-order valence-corrected chi connectivity index (χ2v) is 7.10. The van der Waals surface area contributed by atoms with E-state index >= 15 is 0 Å². The van der Waals surface area contributed by atoms with Crippen molar-refractivity contribution in [1.82, 2.24) is 4.98 Å². The molecule has 0 saturated heterocycles. The highest BCUT2D eigenvalue weighted by atomic mass is 16.5. The Balaban J connectivity index is 1.65. The number of nitrogens with one attached hydrogen (secondary N) is 2. The van der Waals surface area contributed by atoms with Crippen LogP contribution in [-0.2, 0) is 4.79 Å². The predicted molar refractivity (Wildman–Crippen MR) is 110 cm³/mol. The van der Waals surface area contributed by atoms with Crippen LogP contribution in [0.4, 0.5) is 11.5 Å². The summed E-state index contributed by atoms with van der Waals surface area (Å²) in [5.74, 6) is 1.16. The summed E-state index contributed by atoms with van der Waals surface area (Å²) in [6.45, 7) is 2.43. The summed E-state index contributed by atoms with van der Waals surface area (Å²) < 4.78 is 5.97. The maximum atomic E-state index is 12.7. The minimum Gasteiger partial charge on any atom is -0.489 e. The maximum absolute atomic E-state index is 12.7. The van der Waals surface area contributed by atoms with Gasteiger partial charge in [-0.1, -0.05) is 32.3 Å². The summed E-state index contributed by atoms with van der Waals surface area (Å²) >= 11 is 0. The van der Waals surface area contributed by atoms with Crippen molar-refractivity contribution in [1.29, 1.82) is 0 Å². The third-order valence-electron chi connectivity index (χ3n) is 4.93. The van der Waals surface area contributed by atoms with Crippen molar-refractivity contribution in [2.24, 2.45) is 5.92 Å². The van der Waals surface area contributed by atoms with Crippen LogP contribution in [0.3, 0.4) is 0 Å². The Kier molecular flexibility index (Phi) is 7.00. The molecule has 1 aliphatic carbocycles. The highest BCUT2D eigenvalue weighted by Gasteiger charge is 2.16. The van der Waals surface area contributed by atoms with Gasteiger partial charge in [0.15, 0.2) is 11.6 Å². The van der Waals surface area contributed by atoms with Crippen LogP contribution in [0.25, 0.3) is 0 Å². The van der Waals surface area contributed by atoms with E-state index in [0.717, 1.165) is 0 Å². The first-order valence-corrected chi connectivity index (χ1v) is 9.94. The van der Waals surface area contributed by atoms with E-state index in [2.05, 4.69) is 15.6 Å². The molecule has 0 bridgehead atoms. The average Bonchev–Trinajstić information content (AvgIpc) is 2.74. The van der Waals surface area contributed by atoms with Crippen LogP contribution < -0.4 is 15.4 Å². The molecule has 1 aromatic carbocycles. The van der Waals surface area contributed by atoms with E-state index in [1.54, 1.807) is 43.5 Å². The van der Waals surface area contributed by atoms with Crippen LogP contribution in [-0.4, -0.2) is 23.4 Å². The number of rotatable bonds is 7. The van der Waals surface area contributed by atoms with Gasteiger partial charge in [-0.25, -0.2) is 4.98 Å². The van der Waals surface area contributed by atoms with Gasteiger partial charge in [0, 0.05) is 23.9 Å². The topological polar surface area (TPSA) is 80.3 Å². The van der Waals surface area contributed by atoms with E-state index in [0.29, 0.717) is 41.8 Å². The quantitative estimate of drug-likeness (QED) is 0.732. The minimum atomic E-state index is -0.297. The van der Waals surface area contributed by atoms with Crippen LogP contribution in [0.15, 0.2) is 42.6 Å². The lowest BCUT2D eigenvalue weighted by Gasteiger charge is -2.22. The van der Waals surface area contributed by atoms with Crippen molar-refractivity contribution >= 4 is 23.3 Å². The van der Waals surface area contributed by atoms with Crippen LogP contribution in [0.5, 0.6) is 5.75 Å². The first-order valence-electron chi connectivity index (χ1n) is 9.94. The Hall–Kier alpha value is -2.89. The molecule has 6 heteroatoms. The first-order chi connectivity index (χ1) is 13.7. The number of carbonyl (C=O) groups is 2. The molecule has 0 unspecified atom stereocenters. The first kappa shape index (κ1) is 19.9. The molecule has 0 atom stereocenters. The number of aromatic nitrogens is 1. The number of amides is 2. The van der Waals surface area contributed by atoms with Gasteiger partial charge in [-0.2, -0.15) is 0 Å². The number of carbonyl (C=O) groups excluding carboxylic acids is 2. The normalized spacial score (nSPS) is 14.3. The van der Waals surface area contributed by atoms with Gasteiger partial charge in [0.05, 0.1) is 6.61 Å². The molecule has 6 nitrogen and oxygen atoms in total. The van der Waals surface area contributed by atoms with Crippen molar-refractivity contribution in [3.63, 3.8) is 0 Å². The molecule has 148 valence electrons. The Bertz CT molecular complexity index is 816. The lowest BCUT2D eigenvalue weighted by molar-refractivity contribution is -0.115. The predicted octanol–water partition coefficient (Wildman–Crippen LogP) is 4.64. The third-order valence-corrected chi connectivity index (χ3v) is 4.93. The number of hydrogen-bond donors (Lipinski definition) is 2. The molecule has 0 aliphatic heterocycles. The van der Waals surface area contributed by atoms with E-state index < -0.39 is 0 Å². The summed E-state index contributed by atoms with van der Waals surface area (Å²) in [5.41, 5.74) is 1.03. The lowest BCUT2D eigenvalue weighted by atomic mass is 9.90. The Morgan fingerprint density at radius 1 is 1.11 bits per heavy atom. The van der Waals surface area contributed by atoms with Gasteiger partial charge in [-0.3, -0.25) is 9.59 Å². The maximum Gasteiger partial charge on any atom is 0.256 e. The number of benzene rings is 1. The van der Waals surface area contributed by atoms with Gasteiger partial charge >= 0.3 is 0 Å². The molecule has 3 rings (SSSR count). The van der Waals surface area contributed by atoms with E-state index in [9.17, 15) is 9.59 Å². The molecule has 1 aliphatic rings. The monoisotopic (exact) mass is 381 g/mol. The SMILES string of the molecule is CCC(=O)Nc1cccc(C(=O)Nc2ncccc2OCC2CCCCC2)c1. The zero-order valence-electron chi connectivity index (χ0n) is 16.2. The largest absolute Gasteiger partial charge is 0.489 e. The van der Waals surface area contributed by atoms with Crippen molar-refractivity contribution in [3.05, 3.63) is 48.2 Å². The number of nitrogens with zero attached hydrogens (tertiary/aromatic N) is 1. The van der Waals surface area contributed by atoms with Crippen molar-refractivity contribution < 1.29 is 14.3 Å². The molecule has 28 heavy (non-hydrogen) atoms. The van der Waals surface area contributed by atoms with Gasteiger partial charge in [-0.05, 0) is 49.1 Å². The van der Waals surface area contributed by atoms with E-state index in [1.807, 2.05) is 6.07 Å². The molecule has 2 N–H and O–H groups in total. The van der Waals surface area contributed by atoms with Crippen molar-refractivity contribution in [2.45, 2.75) is 45.4 Å². The van der Waals surface area contributed by atoms with Crippen molar-refractivity contribution in [3.8, 4) is 5.75 Å². The number of anilines is 2. The van der Waals surface area contributed by atoms with Gasteiger partial charge < -0.3 is 15.4 Å². The fourth-order valence-electron chi connectivity index (χ4n) is 3.33. The van der Waals surface area contributed by atoms with Crippen LogP contribution >= 0.6 is 0 Å². The lowest BCUT2D eigenvalue weighted by Crippen LogP contribution is -2.18. The van der Waals surface area contributed by atoms with Gasteiger partial charge in [-0.15, -0.1) is 0 Å². The Morgan fingerprint density at radius 2 is 1.93 bits per heavy atom. The molecular weight excluding hydrogens is 354 g/mol. The van der Waals surface area contributed by atoms with Crippen LogP contribution in [0.2, 0.25) is 0 Å². The summed E-state index contributed by atoms with van der Waals surface area (Å²) in [7, 11) is 0. The molecule has 2 amide bonds. The highest BCUT2D eigenvalue weighted by Crippen LogP contribution is 2.27. The number of ether oxygens (including phenoxy) is 1. The second-order valence-electron chi connectivity index (χ2n) is 7.10. The fourth-order valence-corrected chi connectivity index (χ4v) is 3.33. The Morgan fingerprint density at radius 3 is 2.71 bits per heavy atom. The number of pyridine rings is 1. The molecular formula is C22H27N3O3. The molecule has 1 fully saturated rings. The van der Waals surface area contributed by atoms with Gasteiger partial charge in [0.1, 0.15) is 0 Å². The highest BCUT2D eigenvalue weighted by molar-refractivity contribution is 6.05. The standard InChI is InChI=1S/C22H27N3O3/c1-2-20(26)24-18-11-6-10-17(14-18)22(27)25-21-19(12-7-13-23-21)28-15-16-8-4-3-5-9-16/h6-7,10-14,16H,2-5,8-9,15H2,1H3,(H,24,26)(H,23,25,27). The summed E-state index contributed by atoms with van der Waals surface area (Å²) in [6.07, 6.45) is 8.22. The Labute approximate surface area is 165 Å². The molecule has 0 spiro atoms. The van der Waals surface area contributed by atoms with Crippen molar-refractivity contribution in [2.75, 3.05) is 17.2 Å². The summed E-state index contributed by atoms with van der Waals surface area (Å²) in [6, 6.07) is 10.5. The average molecular weight is 381 g/mol. The smallest absolute Gasteiger partial charge is 0.256 e. The second kappa shape index (κ2) is 9.88. The summed E-state index contributed by atoms with van der Waals surface area (Å²) in [5, 5.41) is 5.58. The minimum absolute atomic E-state index is 0.0966. The van der Waals surface area contributed by atoms with Gasteiger partial charge in [0.2, 0.25) is 5.91 Å². The molecule has 1 heterocycles. The fraction of sp³-hybridized carbons (Fsp3) is 0.409. The van der Waals surface area contributed by atoms with E-state index in [4.69, 9.17) is 4.74 Å². The molecule has 2 aromatic rings. The zero-order chi connectivity index (χ0) is 19.8. The molecule has 1 saturated carbocycles.